The van der Waals surface area contributed by atoms with Crippen molar-refractivity contribution >= 4 is 11.5 Å². The van der Waals surface area contributed by atoms with E-state index in [2.05, 4.69) is 15.3 Å². The lowest BCUT2D eigenvalue weighted by atomic mass is 10.1. The number of hydrogen-bond donors (Lipinski definition) is 1. The third kappa shape index (κ3) is 2.28. The van der Waals surface area contributed by atoms with Crippen LogP contribution < -0.4 is 10.6 Å². The van der Waals surface area contributed by atoms with Crippen molar-refractivity contribution in [3.63, 3.8) is 0 Å². The molecule has 0 amide bonds. The van der Waals surface area contributed by atoms with Crippen molar-refractivity contribution in [1.29, 1.82) is 0 Å². The molecule has 0 saturated carbocycles. The number of halogens is 3. The molecule has 0 atom stereocenters. The van der Waals surface area contributed by atoms with Gasteiger partial charge in [-0.15, -0.1) is 15.3 Å². The van der Waals surface area contributed by atoms with Crippen LogP contribution in [0.25, 0.3) is 5.65 Å². The molecule has 1 fully saturated rings. The van der Waals surface area contributed by atoms with E-state index in [1.807, 2.05) is 4.90 Å². The van der Waals surface area contributed by atoms with E-state index in [1.165, 1.54) is 6.07 Å². The lowest BCUT2D eigenvalue weighted by Crippen LogP contribution is -2.40. The highest BCUT2D eigenvalue weighted by molar-refractivity contribution is 5.46. The molecule has 1 aliphatic rings. The second-order valence-corrected chi connectivity index (χ2v) is 4.81. The number of rotatable bonds is 1. The molecule has 1 aliphatic heterocycles. The number of anilines is 1. The maximum absolute atomic E-state index is 12.8. The first kappa shape index (κ1) is 13.1. The minimum atomic E-state index is -4.57. The van der Waals surface area contributed by atoms with Gasteiger partial charge in [-0.3, -0.25) is 0 Å². The summed E-state index contributed by atoms with van der Waals surface area (Å²) >= 11 is 0. The van der Waals surface area contributed by atoms with Gasteiger partial charge in [-0.1, -0.05) is 0 Å². The molecule has 0 spiro atoms. The number of alkyl halides is 3. The van der Waals surface area contributed by atoms with Gasteiger partial charge >= 0.3 is 6.18 Å². The highest BCUT2D eigenvalue weighted by Crippen LogP contribution is 2.28. The number of nitrogens with two attached hydrogens (primary N) is 1. The van der Waals surface area contributed by atoms with Crippen molar-refractivity contribution in [2.45, 2.75) is 25.1 Å². The monoisotopic (exact) mass is 286 g/mol. The van der Waals surface area contributed by atoms with E-state index < -0.39 is 12.0 Å². The Labute approximate surface area is 112 Å². The van der Waals surface area contributed by atoms with Gasteiger partial charge in [0, 0.05) is 19.1 Å². The maximum Gasteiger partial charge on any atom is 0.453 e. The Morgan fingerprint density at radius 2 is 1.85 bits per heavy atom. The number of aromatic nitrogens is 4. The minimum Gasteiger partial charge on any atom is -0.355 e. The smallest absolute Gasteiger partial charge is 0.355 e. The predicted octanol–water partition coefficient (Wildman–Crippen LogP) is 1.07. The van der Waals surface area contributed by atoms with Crippen LogP contribution in [0.5, 0.6) is 0 Å². The van der Waals surface area contributed by atoms with Gasteiger partial charge in [-0.25, -0.2) is 0 Å². The summed E-state index contributed by atoms with van der Waals surface area (Å²) in [5, 5.41) is 10.6. The van der Waals surface area contributed by atoms with Crippen molar-refractivity contribution in [2.24, 2.45) is 5.73 Å². The van der Waals surface area contributed by atoms with Crippen molar-refractivity contribution in [3.8, 4) is 0 Å². The quantitative estimate of drug-likeness (QED) is 0.849. The molecular weight excluding hydrogens is 273 g/mol. The van der Waals surface area contributed by atoms with Gasteiger partial charge in [0.1, 0.15) is 5.82 Å². The lowest BCUT2D eigenvalue weighted by molar-refractivity contribution is -0.146. The van der Waals surface area contributed by atoms with Crippen molar-refractivity contribution in [1.82, 2.24) is 19.8 Å². The van der Waals surface area contributed by atoms with Crippen LogP contribution in [0.3, 0.4) is 0 Å². The Morgan fingerprint density at radius 3 is 2.50 bits per heavy atom. The van der Waals surface area contributed by atoms with Gasteiger partial charge in [0.15, 0.2) is 5.65 Å². The summed E-state index contributed by atoms with van der Waals surface area (Å²) in [6.45, 7) is 1.37. The molecule has 108 valence electrons. The molecule has 0 bridgehead atoms. The van der Waals surface area contributed by atoms with Crippen LogP contribution in [0.2, 0.25) is 0 Å². The first-order chi connectivity index (χ1) is 9.45. The SMILES string of the molecule is NC1CCN(c2ccc3nnc(C(F)(F)F)n3n2)CC1. The van der Waals surface area contributed by atoms with E-state index >= 15 is 0 Å². The van der Waals surface area contributed by atoms with Crippen LogP contribution in [-0.4, -0.2) is 38.9 Å². The van der Waals surface area contributed by atoms with E-state index in [1.54, 1.807) is 6.07 Å². The van der Waals surface area contributed by atoms with Crippen LogP contribution in [0, 0.1) is 0 Å². The molecule has 0 unspecified atom stereocenters. The molecule has 20 heavy (non-hydrogen) atoms. The molecule has 3 heterocycles. The Balaban J connectivity index is 1.97. The van der Waals surface area contributed by atoms with Crippen LogP contribution >= 0.6 is 0 Å². The van der Waals surface area contributed by atoms with Crippen molar-refractivity contribution in [3.05, 3.63) is 18.0 Å². The van der Waals surface area contributed by atoms with Crippen LogP contribution in [-0.2, 0) is 6.18 Å². The normalized spacial score (nSPS) is 17.9. The van der Waals surface area contributed by atoms with Gasteiger partial charge in [0.05, 0.1) is 0 Å². The molecule has 6 nitrogen and oxygen atoms in total. The molecule has 1 saturated heterocycles. The first-order valence-corrected chi connectivity index (χ1v) is 6.25. The lowest BCUT2D eigenvalue weighted by Gasteiger charge is -2.30. The summed E-state index contributed by atoms with van der Waals surface area (Å²) in [5.41, 5.74) is 5.89. The van der Waals surface area contributed by atoms with Gasteiger partial charge in [-0.05, 0) is 25.0 Å². The Kier molecular flexibility index (Phi) is 3.00. The number of piperidine rings is 1. The fraction of sp³-hybridized carbons (Fsp3) is 0.545. The summed E-state index contributed by atoms with van der Waals surface area (Å²) in [6.07, 6.45) is -2.97. The summed E-state index contributed by atoms with van der Waals surface area (Å²) in [4.78, 5) is 1.92. The molecule has 0 aromatic carbocycles. The van der Waals surface area contributed by atoms with E-state index in [-0.39, 0.29) is 11.7 Å². The van der Waals surface area contributed by atoms with Crippen LogP contribution in [0.1, 0.15) is 18.7 Å². The second kappa shape index (κ2) is 4.58. The molecule has 0 radical (unpaired) electrons. The Bertz CT molecular complexity index is 614. The second-order valence-electron chi connectivity index (χ2n) is 4.81. The molecule has 2 aromatic heterocycles. The highest BCUT2D eigenvalue weighted by atomic mass is 19.4. The van der Waals surface area contributed by atoms with Crippen molar-refractivity contribution in [2.75, 3.05) is 18.0 Å². The summed E-state index contributed by atoms with van der Waals surface area (Å²) in [5.74, 6) is -0.627. The highest BCUT2D eigenvalue weighted by Gasteiger charge is 2.37. The average Bonchev–Trinajstić information content (AvgIpc) is 2.82. The molecule has 9 heteroatoms. The summed E-state index contributed by atoms with van der Waals surface area (Å²) in [6, 6.07) is 3.29. The van der Waals surface area contributed by atoms with Gasteiger partial charge in [-0.2, -0.15) is 17.7 Å². The Hall–Kier alpha value is -1.90. The first-order valence-electron chi connectivity index (χ1n) is 6.25. The number of hydrogen-bond acceptors (Lipinski definition) is 5. The Morgan fingerprint density at radius 1 is 1.15 bits per heavy atom. The predicted molar refractivity (Wildman–Crippen MR) is 65.2 cm³/mol. The van der Waals surface area contributed by atoms with Crippen molar-refractivity contribution < 1.29 is 13.2 Å². The fourth-order valence-corrected chi connectivity index (χ4v) is 2.25. The molecule has 2 aromatic rings. The zero-order valence-electron chi connectivity index (χ0n) is 10.5. The van der Waals surface area contributed by atoms with E-state index in [4.69, 9.17) is 5.73 Å². The van der Waals surface area contributed by atoms with Gasteiger partial charge in [0.25, 0.3) is 5.82 Å². The third-order valence-corrected chi connectivity index (χ3v) is 3.37. The summed E-state index contributed by atoms with van der Waals surface area (Å²) in [7, 11) is 0. The average molecular weight is 286 g/mol. The minimum absolute atomic E-state index is 0.0785. The van der Waals surface area contributed by atoms with E-state index in [0.29, 0.717) is 18.9 Å². The van der Waals surface area contributed by atoms with Crippen LogP contribution in [0.15, 0.2) is 12.1 Å². The number of nitrogens with zero attached hydrogens (tertiary/aromatic N) is 5. The maximum atomic E-state index is 12.8. The van der Waals surface area contributed by atoms with Crippen LogP contribution in [0.4, 0.5) is 19.0 Å². The summed E-state index contributed by atoms with van der Waals surface area (Å²) < 4.78 is 39.1. The standard InChI is InChI=1S/C11H13F3N6/c12-11(13,14)10-17-16-8-1-2-9(18-20(8)10)19-5-3-7(15)4-6-19/h1-2,7H,3-6,15H2. The van der Waals surface area contributed by atoms with Gasteiger partial charge in [0.2, 0.25) is 0 Å². The molecule has 3 rings (SSSR count). The molecule has 2 N–H and O–H groups in total. The van der Waals surface area contributed by atoms with E-state index in [9.17, 15) is 13.2 Å². The molecule has 0 aliphatic carbocycles. The topological polar surface area (TPSA) is 72.3 Å². The zero-order valence-corrected chi connectivity index (χ0v) is 10.5. The van der Waals surface area contributed by atoms with E-state index in [0.717, 1.165) is 17.4 Å². The third-order valence-electron chi connectivity index (χ3n) is 3.37. The molecular formula is C11H13F3N6. The number of fused-ring (bicyclic) bond motifs is 1. The fourth-order valence-electron chi connectivity index (χ4n) is 2.25. The van der Waals surface area contributed by atoms with Gasteiger partial charge < -0.3 is 10.6 Å². The largest absolute Gasteiger partial charge is 0.453 e. The zero-order chi connectivity index (χ0) is 14.3.